The predicted octanol–water partition coefficient (Wildman–Crippen LogP) is 6.03. The van der Waals surface area contributed by atoms with Gasteiger partial charge in [-0.05, 0) is 56.2 Å². The van der Waals surface area contributed by atoms with Crippen LogP contribution >= 0.6 is 0 Å². The Hall–Kier alpha value is -0.383. The molecule has 0 aromatic heterocycles. The molecule has 3 aliphatic carbocycles. The van der Waals surface area contributed by atoms with Crippen molar-refractivity contribution in [2.45, 2.75) is 128 Å². The molecule has 0 amide bonds. The molecule has 4 nitrogen and oxygen atoms in total. The van der Waals surface area contributed by atoms with Crippen LogP contribution in [-0.2, 0) is 13.9 Å². The Labute approximate surface area is 197 Å². The predicted molar refractivity (Wildman–Crippen MR) is 131 cm³/mol. The molecule has 1 N–H and O–H groups in total. The van der Waals surface area contributed by atoms with Gasteiger partial charge in [-0.3, -0.25) is 0 Å². The van der Waals surface area contributed by atoms with Gasteiger partial charge in [0, 0.05) is 24.2 Å². The van der Waals surface area contributed by atoms with Crippen LogP contribution in [0.2, 0.25) is 18.1 Å². The summed E-state index contributed by atoms with van der Waals surface area (Å²) in [4.78, 5) is 0. The van der Waals surface area contributed by atoms with E-state index in [0.717, 1.165) is 44.9 Å². The molecule has 1 heterocycles. The second kappa shape index (κ2) is 8.68. The fourth-order valence-corrected chi connectivity index (χ4v) is 8.50. The van der Waals surface area contributed by atoms with Gasteiger partial charge in [0.25, 0.3) is 0 Å². The van der Waals surface area contributed by atoms with Crippen molar-refractivity contribution in [3.63, 3.8) is 0 Å². The summed E-state index contributed by atoms with van der Waals surface area (Å²) in [6.45, 7) is 15.4. The molecule has 5 heteroatoms. The minimum Gasteiger partial charge on any atom is -0.410 e. The van der Waals surface area contributed by atoms with E-state index < -0.39 is 14.1 Å². The third kappa shape index (κ3) is 4.03. The van der Waals surface area contributed by atoms with Gasteiger partial charge in [0.15, 0.2) is 14.1 Å². The van der Waals surface area contributed by atoms with Gasteiger partial charge in [-0.1, -0.05) is 58.8 Å². The standard InChI is InChI=1S/C27H46O4Si/c1-7-26-17-13-23(28)21(22(26)20-27(26)29-18-19-30-27)12-11-16-25(14-9-8-10-15-25)31-32(5,6)24(2,3)4/h21-23,28H,7-10,13-20H2,1-6H3/t21-,22-,23-,26+/m1/s1. The highest BCUT2D eigenvalue weighted by Crippen LogP contribution is 2.67. The lowest BCUT2D eigenvalue weighted by Crippen LogP contribution is -2.68. The molecule has 3 saturated carbocycles. The molecule has 1 spiro atoms. The number of hydrogen-bond acceptors (Lipinski definition) is 4. The van der Waals surface area contributed by atoms with Crippen LogP contribution in [0.1, 0.15) is 91.9 Å². The van der Waals surface area contributed by atoms with Crippen LogP contribution in [0.15, 0.2) is 0 Å². The van der Waals surface area contributed by atoms with Gasteiger partial charge >= 0.3 is 0 Å². The van der Waals surface area contributed by atoms with Crippen molar-refractivity contribution in [3.05, 3.63) is 0 Å². The van der Waals surface area contributed by atoms with Gasteiger partial charge in [-0.2, -0.15) is 0 Å². The van der Waals surface area contributed by atoms with E-state index in [2.05, 4.69) is 52.6 Å². The second-order valence-corrected chi connectivity index (χ2v) is 17.2. The first-order valence-corrected chi connectivity index (χ1v) is 16.1. The maximum Gasteiger partial charge on any atom is 0.192 e. The van der Waals surface area contributed by atoms with Crippen LogP contribution in [0.25, 0.3) is 0 Å². The summed E-state index contributed by atoms with van der Waals surface area (Å²) in [5.41, 5.74) is -0.0868. The number of aliphatic hydroxyl groups is 1. The van der Waals surface area contributed by atoms with Gasteiger partial charge in [0.1, 0.15) is 0 Å². The summed E-state index contributed by atoms with van der Waals surface area (Å²) in [5.74, 6) is 7.15. The van der Waals surface area contributed by atoms with Crippen molar-refractivity contribution in [1.82, 2.24) is 0 Å². The fraction of sp³-hybridized carbons (Fsp3) is 0.926. The van der Waals surface area contributed by atoms with Crippen LogP contribution in [-0.4, -0.2) is 44.1 Å². The van der Waals surface area contributed by atoms with Gasteiger partial charge in [-0.15, -0.1) is 0 Å². The SMILES string of the molecule is CC[C@]12CC[C@@H](O)[C@H](C#CCC3(O[Si](C)(C)C(C)(C)C)CCCCC3)[C@H]1CC21OCCO1. The van der Waals surface area contributed by atoms with Crippen molar-refractivity contribution >= 4 is 8.32 Å². The van der Waals surface area contributed by atoms with E-state index in [1.54, 1.807) is 0 Å². The summed E-state index contributed by atoms with van der Waals surface area (Å²) in [6.07, 6.45) is 10.2. The Morgan fingerprint density at radius 3 is 2.31 bits per heavy atom. The van der Waals surface area contributed by atoms with Crippen molar-refractivity contribution in [1.29, 1.82) is 0 Å². The molecular weight excluding hydrogens is 416 g/mol. The lowest BCUT2D eigenvalue weighted by atomic mass is 9.45. The Morgan fingerprint density at radius 1 is 1.06 bits per heavy atom. The van der Waals surface area contributed by atoms with Crippen LogP contribution in [0.4, 0.5) is 0 Å². The highest BCUT2D eigenvalue weighted by atomic mass is 28.4. The van der Waals surface area contributed by atoms with Crippen molar-refractivity contribution in [2.75, 3.05) is 13.2 Å². The van der Waals surface area contributed by atoms with E-state index >= 15 is 0 Å². The average molecular weight is 463 g/mol. The zero-order chi connectivity index (χ0) is 23.3. The number of rotatable bonds is 4. The molecule has 0 aromatic carbocycles. The smallest absolute Gasteiger partial charge is 0.192 e. The normalized spacial score (nSPS) is 36.2. The maximum absolute atomic E-state index is 10.9. The number of fused-ring (bicyclic) bond motifs is 2. The van der Waals surface area contributed by atoms with Crippen molar-refractivity contribution in [2.24, 2.45) is 17.3 Å². The first-order chi connectivity index (χ1) is 15.0. The number of hydrogen-bond donors (Lipinski definition) is 1. The summed E-state index contributed by atoms with van der Waals surface area (Å²) in [7, 11) is -1.87. The quantitative estimate of drug-likeness (QED) is 0.409. The minimum absolute atomic E-state index is 0.0161. The van der Waals surface area contributed by atoms with Crippen molar-refractivity contribution in [3.8, 4) is 11.8 Å². The summed E-state index contributed by atoms with van der Waals surface area (Å²) in [6, 6.07) is 0. The zero-order valence-electron chi connectivity index (χ0n) is 21.4. The zero-order valence-corrected chi connectivity index (χ0v) is 22.4. The molecule has 32 heavy (non-hydrogen) atoms. The first kappa shape index (κ1) is 24.7. The first-order valence-electron chi connectivity index (χ1n) is 13.1. The molecule has 0 radical (unpaired) electrons. The van der Waals surface area contributed by atoms with E-state index in [0.29, 0.717) is 19.1 Å². The van der Waals surface area contributed by atoms with E-state index in [-0.39, 0.29) is 28.1 Å². The van der Waals surface area contributed by atoms with E-state index in [1.807, 2.05) is 0 Å². The van der Waals surface area contributed by atoms with E-state index in [1.165, 1.54) is 19.3 Å². The Kier molecular flexibility index (Phi) is 6.71. The molecular formula is C27H46O4Si. The molecule has 4 aliphatic rings. The second-order valence-electron chi connectivity index (χ2n) is 12.5. The molecule has 4 fully saturated rings. The van der Waals surface area contributed by atoms with Gasteiger partial charge in [0.05, 0.1) is 24.9 Å². The third-order valence-electron chi connectivity index (χ3n) is 9.80. The van der Waals surface area contributed by atoms with Crippen molar-refractivity contribution < 1.29 is 19.0 Å². The molecule has 0 unspecified atom stereocenters. The van der Waals surface area contributed by atoms with E-state index in [4.69, 9.17) is 13.9 Å². The highest BCUT2D eigenvalue weighted by molar-refractivity contribution is 6.74. The number of ether oxygens (including phenoxy) is 2. The van der Waals surface area contributed by atoms with Gasteiger partial charge in [0.2, 0.25) is 0 Å². The Bertz CT molecular complexity index is 733. The summed E-state index contributed by atoms with van der Waals surface area (Å²) < 4.78 is 19.4. The molecule has 0 aromatic rings. The molecule has 1 aliphatic heterocycles. The minimum atomic E-state index is -1.87. The molecule has 4 rings (SSSR count). The molecule has 4 atom stereocenters. The van der Waals surface area contributed by atoms with Crippen LogP contribution in [0.3, 0.4) is 0 Å². The lowest BCUT2D eigenvalue weighted by Gasteiger charge is -2.65. The fourth-order valence-electron chi connectivity index (χ4n) is 6.84. The molecule has 182 valence electrons. The molecule has 0 bridgehead atoms. The van der Waals surface area contributed by atoms with Gasteiger partial charge < -0.3 is 19.0 Å². The third-order valence-corrected chi connectivity index (χ3v) is 14.4. The van der Waals surface area contributed by atoms with Crippen LogP contribution in [0, 0.1) is 29.1 Å². The Morgan fingerprint density at radius 2 is 1.72 bits per heavy atom. The molecule has 1 saturated heterocycles. The Balaban J connectivity index is 1.52. The van der Waals surface area contributed by atoms with E-state index in [9.17, 15) is 5.11 Å². The summed E-state index contributed by atoms with van der Waals surface area (Å²) in [5, 5.41) is 11.1. The lowest BCUT2D eigenvalue weighted by molar-refractivity contribution is -0.351. The maximum atomic E-state index is 10.9. The topological polar surface area (TPSA) is 47.9 Å². The number of aliphatic hydroxyl groups excluding tert-OH is 1. The summed E-state index contributed by atoms with van der Waals surface area (Å²) >= 11 is 0. The monoisotopic (exact) mass is 462 g/mol. The van der Waals surface area contributed by atoms with Crippen LogP contribution in [0.5, 0.6) is 0 Å². The van der Waals surface area contributed by atoms with Gasteiger partial charge in [-0.25, -0.2) is 0 Å². The largest absolute Gasteiger partial charge is 0.410 e. The highest BCUT2D eigenvalue weighted by Gasteiger charge is 2.71. The van der Waals surface area contributed by atoms with Crippen LogP contribution < -0.4 is 0 Å². The average Bonchev–Trinajstić information content (AvgIpc) is 3.21.